The van der Waals surface area contributed by atoms with Gasteiger partial charge in [0.05, 0.1) is 22.6 Å². The highest BCUT2D eigenvalue weighted by molar-refractivity contribution is 6.30. The molecule has 0 bridgehead atoms. The van der Waals surface area contributed by atoms with Gasteiger partial charge in [0, 0.05) is 13.2 Å². The van der Waals surface area contributed by atoms with Gasteiger partial charge in [-0.05, 0) is 48.2 Å². The molecule has 1 aliphatic rings. The molecule has 27 heavy (non-hydrogen) atoms. The number of rotatable bonds is 6. The van der Waals surface area contributed by atoms with E-state index in [2.05, 4.69) is 5.32 Å². The summed E-state index contributed by atoms with van der Waals surface area (Å²) in [4.78, 5) is 23.4. The minimum Gasteiger partial charge on any atom is -0.478 e. The number of carboxylic acids is 1. The predicted octanol–water partition coefficient (Wildman–Crippen LogP) is 3.61. The van der Waals surface area contributed by atoms with E-state index in [1.165, 1.54) is 24.3 Å². The molecule has 7 heteroatoms. The van der Waals surface area contributed by atoms with Crippen LogP contribution in [0.15, 0.2) is 42.5 Å². The first-order valence-electron chi connectivity index (χ1n) is 8.62. The van der Waals surface area contributed by atoms with Crippen molar-refractivity contribution >= 4 is 23.5 Å². The zero-order chi connectivity index (χ0) is 19.4. The number of carbonyl (C=O) groups is 2. The van der Waals surface area contributed by atoms with Crippen molar-refractivity contribution in [2.24, 2.45) is 5.92 Å². The molecule has 1 fully saturated rings. The van der Waals surface area contributed by atoms with Crippen LogP contribution in [0.5, 0.6) is 0 Å². The number of ether oxygens (including phenoxy) is 1. The van der Waals surface area contributed by atoms with Crippen molar-refractivity contribution in [2.75, 3.05) is 13.2 Å². The lowest BCUT2D eigenvalue weighted by Crippen LogP contribution is -2.33. The molecule has 0 aliphatic carbocycles. The third-order valence-corrected chi connectivity index (χ3v) is 4.92. The number of hydrogen-bond acceptors (Lipinski definition) is 3. The second kappa shape index (κ2) is 8.50. The minimum atomic E-state index is -0.972. The number of benzene rings is 2. The maximum Gasteiger partial charge on any atom is 0.335 e. The highest BCUT2D eigenvalue weighted by Crippen LogP contribution is 2.35. The van der Waals surface area contributed by atoms with Gasteiger partial charge in [-0.2, -0.15) is 0 Å². The quantitative estimate of drug-likeness (QED) is 0.788. The molecule has 3 rings (SSSR count). The van der Waals surface area contributed by atoms with Gasteiger partial charge in [0.2, 0.25) is 5.91 Å². The van der Waals surface area contributed by atoms with Gasteiger partial charge < -0.3 is 15.2 Å². The molecule has 5 nitrogen and oxygen atoms in total. The average molecular weight is 392 g/mol. The van der Waals surface area contributed by atoms with Crippen LogP contribution in [0.4, 0.5) is 4.39 Å². The third-order valence-electron chi connectivity index (χ3n) is 4.61. The standard InChI is InChI=1S/C20H19ClFNO4/c21-16-6-5-14(11-17(16)22)18-15(8-10-27-18)19(24)23-9-7-12-1-3-13(4-2-12)20(25)26/h1-6,11,15,18H,7-10H2,(H,23,24)(H,25,26)/t15-,18+/m1/s1. The molecular formula is C20H19ClFNO4. The Hall–Kier alpha value is -2.44. The van der Waals surface area contributed by atoms with Crippen LogP contribution >= 0.6 is 11.6 Å². The van der Waals surface area contributed by atoms with E-state index in [4.69, 9.17) is 21.4 Å². The monoisotopic (exact) mass is 391 g/mol. The van der Waals surface area contributed by atoms with E-state index in [1.54, 1.807) is 18.2 Å². The molecule has 142 valence electrons. The Bertz CT molecular complexity index is 840. The average Bonchev–Trinajstić information content (AvgIpc) is 3.14. The fourth-order valence-corrected chi connectivity index (χ4v) is 3.27. The zero-order valence-electron chi connectivity index (χ0n) is 14.5. The molecule has 2 atom stereocenters. The van der Waals surface area contributed by atoms with Crippen LogP contribution in [0.3, 0.4) is 0 Å². The first-order chi connectivity index (χ1) is 13.0. The van der Waals surface area contributed by atoms with E-state index < -0.39 is 17.9 Å². The van der Waals surface area contributed by atoms with Crippen molar-refractivity contribution in [2.45, 2.75) is 18.9 Å². The van der Waals surface area contributed by atoms with Crippen molar-refractivity contribution < 1.29 is 23.8 Å². The van der Waals surface area contributed by atoms with Crippen LogP contribution < -0.4 is 5.32 Å². The fraction of sp³-hybridized carbons (Fsp3) is 0.300. The first-order valence-corrected chi connectivity index (χ1v) is 9.00. The second-order valence-corrected chi connectivity index (χ2v) is 6.81. The summed E-state index contributed by atoms with van der Waals surface area (Å²) in [5, 5.41) is 11.8. The highest BCUT2D eigenvalue weighted by atomic mass is 35.5. The van der Waals surface area contributed by atoms with Crippen LogP contribution in [0.2, 0.25) is 5.02 Å². The number of amides is 1. The van der Waals surface area contributed by atoms with Gasteiger partial charge in [-0.25, -0.2) is 9.18 Å². The van der Waals surface area contributed by atoms with E-state index in [0.717, 1.165) is 5.56 Å². The Morgan fingerprint density at radius 2 is 1.96 bits per heavy atom. The molecule has 0 radical (unpaired) electrons. The van der Waals surface area contributed by atoms with Crippen molar-refractivity contribution in [3.05, 3.63) is 70.0 Å². The smallest absolute Gasteiger partial charge is 0.335 e. The van der Waals surface area contributed by atoms with Crippen molar-refractivity contribution in [3.63, 3.8) is 0 Å². The topological polar surface area (TPSA) is 75.6 Å². The molecule has 1 aliphatic heterocycles. The van der Waals surface area contributed by atoms with Gasteiger partial charge in [-0.15, -0.1) is 0 Å². The molecule has 1 saturated heterocycles. The molecule has 1 heterocycles. The van der Waals surface area contributed by atoms with Crippen molar-refractivity contribution in [1.29, 1.82) is 0 Å². The summed E-state index contributed by atoms with van der Waals surface area (Å²) in [5.41, 5.74) is 1.75. The van der Waals surface area contributed by atoms with Crippen molar-refractivity contribution in [1.82, 2.24) is 5.32 Å². The maximum atomic E-state index is 13.7. The first kappa shape index (κ1) is 19.3. The summed E-state index contributed by atoms with van der Waals surface area (Å²) in [6, 6.07) is 11.0. The SMILES string of the molecule is O=C(O)c1ccc(CCNC(=O)[C@@H]2CCO[C@H]2c2ccc(Cl)c(F)c2)cc1. The molecule has 0 saturated carbocycles. The number of carbonyl (C=O) groups excluding carboxylic acids is 1. The van der Waals surface area contributed by atoms with Crippen LogP contribution in [-0.4, -0.2) is 30.1 Å². The Kier molecular flexibility index (Phi) is 6.08. The molecule has 0 spiro atoms. The Morgan fingerprint density at radius 3 is 2.63 bits per heavy atom. The lowest BCUT2D eigenvalue weighted by atomic mass is 9.94. The Morgan fingerprint density at radius 1 is 1.22 bits per heavy atom. The normalized spacial score (nSPS) is 19.0. The summed E-state index contributed by atoms with van der Waals surface area (Å²) < 4.78 is 19.3. The summed E-state index contributed by atoms with van der Waals surface area (Å²) in [5.74, 6) is -2.04. The molecule has 2 N–H and O–H groups in total. The summed E-state index contributed by atoms with van der Waals surface area (Å²) in [6.07, 6.45) is 0.652. The largest absolute Gasteiger partial charge is 0.478 e. The molecule has 2 aromatic carbocycles. The third kappa shape index (κ3) is 4.64. The van der Waals surface area contributed by atoms with E-state index in [-0.39, 0.29) is 22.4 Å². The Labute approximate surface area is 161 Å². The van der Waals surface area contributed by atoms with Crippen molar-refractivity contribution in [3.8, 4) is 0 Å². The van der Waals surface area contributed by atoms with E-state index in [1.807, 2.05) is 0 Å². The van der Waals surface area contributed by atoms with Crippen LogP contribution in [0.1, 0.15) is 34.0 Å². The van der Waals surface area contributed by atoms with E-state index in [0.29, 0.717) is 31.6 Å². The number of carboxylic acid groups (broad SMARTS) is 1. The molecular weight excluding hydrogens is 373 g/mol. The summed E-state index contributed by atoms with van der Waals surface area (Å²) >= 11 is 5.71. The second-order valence-electron chi connectivity index (χ2n) is 6.40. The summed E-state index contributed by atoms with van der Waals surface area (Å²) in [7, 11) is 0. The maximum absolute atomic E-state index is 13.7. The van der Waals surface area contributed by atoms with Gasteiger partial charge in [-0.1, -0.05) is 29.8 Å². The van der Waals surface area contributed by atoms with Gasteiger partial charge in [-0.3, -0.25) is 4.79 Å². The van der Waals surface area contributed by atoms with Gasteiger partial charge in [0.1, 0.15) is 5.82 Å². The molecule has 0 aromatic heterocycles. The number of aromatic carboxylic acids is 1. The highest BCUT2D eigenvalue weighted by Gasteiger charge is 2.35. The van der Waals surface area contributed by atoms with Crippen LogP contribution in [0, 0.1) is 11.7 Å². The van der Waals surface area contributed by atoms with Gasteiger partial charge >= 0.3 is 5.97 Å². The zero-order valence-corrected chi connectivity index (χ0v) is 15.2. The lowest BCUT2D eigenvalue weighted by Gasteiger charge is -2.19. The van der Waals surface area contributed by atoms with E-state index >= 15 is 0 Å². The van der Waals surface area contributed by atoms with Crippen LogP contribution in [0.25, 0.3) is 0 Å². The molecule has 0 unspecified atom stereocenters. The minimum absolute atomic E-state index is 0.0339. The predicted molar refractivity (Wildman–Crippen MR) is 98.3 cm³/mol. The van der Waals surface area contributed by atoms with Gasteiger partial charge in [0.25, 0.3) is 0 Å². The fourth-order valence-electron chi connectivity index (χ4n) is 3.15. The van der Waals surface area contributed by atoms with E-state index in [9.17, 15) is 14.0 Å². The number of hydrogen-bond donors (Lipinski definition) is 2. The number of halogens is 2. The van der Waals surface area contributed by atoms with Gasteiger partial charge in [0.15, 0.2) is 0 Å². The van der Waals surface area contributed by atoms with Crippen LogP contribution in [-0.2, 0) is 16.0 Å². The summed E-state index contributed by atoms with van der Waals surface area (Å²) in [6.45, 7) is 0.854. The molecule has 1 amide bonds. The molecule has 2 aromatic rings. The number of nitrogens with one attached hydrogen (secondary N) is 1. The lowest BCUT2D eigenvalue weighted by molar-refractivity contribution is -0.126. The Balaban J connectivity index is 1.56.